The first-order valence-electron chi connectivity index (χ1n) is 8.09. The molecular weight excluding hydrogens is 322 g/mol. The number of nitrogens with zero attached hydrogens (tertiary/aromatic N) is 3. The molecule has 0 aliphatic heterocycles. The van der Waals surface area contributed by atoms with E-state index in [2.05, 4.69) is 40.3 Å². The largest absolute Gasteiger partial charge is 0.382 e. The number of aromatic nitrogens is 2. The standard InChI is InChI=1S/C21H15N5/c22-12-18-19(25-21(24)26-20(18)23)15-10-8-14(9-11-15)17-7-3-5-13-4-1-2-6-16(13)17/h1-11H,(H4,23,24,25,26). The number of nitrogens with two attached hydrogens (primary N) is 2. The van der Waals surface area contributed by atoms with Crippen molar-refractivity contribution >= 4 is 22.5 Å². The topological polar surface area (TPSA) is 102 Å². The third-order valence-electron chi connectivity index (χ3n) is 4.33. The Hall–Kier alpha value is -3.91. The highest BCUT2D eigenvalue weighted by Gasteiger charge is 2.13. The molecule has 0 fully saturated rings. The third-order valence-corrected chi connectivity index (χ3v) is 4.33. The van der Waals surface area contributed by atoms with Crippen molar-refractivity contribution in [2.24, 2.45) is 0 Å². The van der Waals surface area contributed by atoms with Gasteiger partial charge in [-0.25, -0.2) is 4.98 Å². The molecular formula is C21H15N5. The molecule has 0 atom stereocenters. The highest BCUT2D eigenvalue weighted by Crippen LogP contribution is 2.31. The first-order chi connectivity index (χ1) is 12.7. The summed E-state index contributed by atoms with van der Waals surface area (Å²) >= 11 is 0. The summed E-state index contributed by atoms with van der Waals surface area (Å²) in [5.41, 5.74) is 15.2. The van der Waals surface area contributed by atoms with E-state index >= 15 is 0 Å². The third kappa shape index (κ3) is 2.60. The summed E-state index contributed by atoms with van der Waals surface area (Å²) in [7, 11) is 0. The number of rotatable bonds is 2. The fourth-order valence-electron chi connectivity index (χ4n) is 3.10. The van der Waals surface area contributed by atoms with Gasteiger partial charge in [-0.05, 0) is 21.9 Å². The van der Waals surface area contributed by atoms with E-state index in [1.807, 2.05) is 42.5 Å². The molecule has 3 aromatic carbocycles. The van der Waals surface area contributed by atoms with Gasteiger partial charge in [0.1, 0.15) is 17.5 Å². The van der Waals surface area contributed by atoms with Gasteiger partial charge in [0.05, 0.1) is 5.69 Å². The molecule has 5 nitrogen and oxygen atoms in total. The molecule has 0 saturated heterocycles. The average Bonchev–Trinajstić information content (AvgIpc) is 2.67. The first-order valence-corrected chi connectivity index (χ1v) is 8.09. The van der Waals surface area contributed by atoms with Crippen molar-refractivity contribution in [3.05, 3.63) is 72.3 Å². The van der Waals surface area contributed by atoms with Crippen LogP contribution in [0.2, 0.25) is 0 Å². The second-order valence-corrected chi connectivity index (χ2v) is 5.91. The Morgan fingerprint density at radius 2 is 1.46 bits per heavy atom. The van der Waals surface area contributed by atoms with Crippen molar-refractivity contribution in [2.45, 2.75) is 0 Å². The van der Waals surface area contributed by atoms with Crippen LogP contribution >= 0.6 is 0 Å². The van der Waals surface area contributed by atoms with Gasteiger partial charge in [0.2, 0.25) is 5.95 Å². The molecule has 26 heavy (non-hydrogen) atoms. The van der Waals surface area contributed by atoms with Crippen LogP contribution in [0.3, 0.4) is 0 Å². The Bertz CT molecular complexity index is 1150. The molecule has 0 spiro atoms. The summed E-state index contributed by atoms with van der Waals surface area (Å²) in [4.78, 5) is 8.04. The zero-order valence-electron chi connectivity index (χ0n) is 13.8. The molecule has 4 N–H and O–H groups in total. The number of nitriles is 1. The van der Waals surface area contributed by atoms with E-state index in [9.17, 15) is 5.26 Å². The molecule has 0 aliphatic carbocycles. The predicted molar refractivity (Wildman–Crippen MR) is 104 cm³/mol. The predicted octanol–water partition coefficient (Wildman–Crippen LogP) is 4.00. The van der Waals surface area contributed by atoms with Crippen LogP contribution in [0.25, 0.3) is 33.2 Å². The molecule has 0 saturated carbocycles. The average molecular weight is 337 g/mol. The van der Waals surface area contributed by atoms with Crippen LogP contribution in [0, 0.1) is 11.3 Å². The number of anilines is 2. The van der Waals surface area contributed by atoms with E-state index in [-0.39, 0.29) is 17.3 Å². The molecule has 0 aliphatic rings. The van der Waals surface area contributed by atoms with Crippen LogP contribution in [-0.4, -0.2) is 9.97 Å². The SMILES string of the molecule is N#Cc1c(N)nc(N)nc1-c1ccc(-c2cccc3ccccc23)cc1. The lowest BCUT2D eigenvalue weighted by molar-refractivity contribution is 1.18. The quantitative estimate of drug-likeness (QED) is 0.575. The Labute approximate surface area is 150 Å². The maximum atomic E-state index is 9.35. The molecule has 0 amide bonds. The molecule has 0 radical (unpaired) electrons. The monoisotopic (exact) mass is 337 g/mol. The summed E-state index contributed by atoms with van der Waals surface area (Å²) in [6.07, 6.45) is 0. The van der Waals surface area contributed by atoms with Gasteiger partial charge < -0.3 is 11.5 Å². The fraction of sp³-hybridized carbons (Fsp3) is 0. The van der Waals surface area contributed by atoms with Crippen molar-refractivity contribution in [1.29, 1.82) is 5.26 Å². The van der Waals surface area contributed by atoms with Gasteiger partial charge in [0.25, 0.3) is 0 Å². The molecule has 124 valence electrons. The van der Waals surface area contributed by atoms with Gasteiger partial charge in [-0.15, -0.1) is 0 Å². The number of fused-ring (bicyclic) bond motifs is 1. The van der Waals surface area contributed by atoms with E-state index in [0.717, 1.165) is 16.7 Å². The zero-order chi connectivity index (χ0) is 18.1. The van der Waals surface area contributed by atoms with Crippen LogP contribution in [0.15, 0.2) is 66.7 Å². The molecule has 4 rings (SSSR count). The minimum Gasteiger partial charge on any atom is -0.382 e. The Morgan fingerprint density at radius 3 is 2.23 bits per heavy atom. The lowest BCUT2D eigenvalue weighted by atomic mass is 9.96. The minimum absolute atomic E-state index is 0.0506. The summed E-state index contributed by atoms with van der Waals surface area (Å²) in [5.74, 6) is 0.141. The molecule has 1 aromatic heterocycles. The van der Waals surface area contributed by atoms with Crippen molar-refractivity contribution in [3.8, 4) is 28.5 Å². The first kappa shape index (κ1) is 15.6. The van der Waals surface area contributed by atoms with Crippen LogP contribution in [0.1, 0.15) is 5.56 Å². The van der Waals surface area contributed by atoms with Gasteiger partial charge in [-0.3, -0.25) is 0 Å². The second kappa shape index (κ2) is 6.19. The van der Waals surface area contributed by atoms with Crippen molar-refractivity contribution in [3.63, 3.8) is 0 Å². The maximum Gasteiger partial charge on any atom is 0.222 e. The van der Waals surface area contributed by atoms with Gasteiger partial charge in [-0.2, -0.15) is 10.2 Å². The van der Waals surface area contributed by atoms with Gasteiger partial charge in [0.15, 0.2) is 0 Å². The molecule has 5 heteroatoms. The Balaban J connectivity index is 1.83. The van der Waals surface area contributed by atoms with Gasteiger partial charge >= 0.3 is 0 Å². The number of hydrogen-bond donors (Lipinski definition) is 2. The summed E-state index contributed by atoms with van der Waals surface area (Å²) in [6, 6.07) is 24.4. The van der Waals surface area contributed by atoms with Gasteiger partial charge in [0, 0.05) is 5.56 Å². The van der Waals surface area contributed by atoms with E-state index in [0.29, 0.717) is 5.69 Å². The molecule has 1 heterocycles. The van der Waals surface area contributed by atoms with E-state index in [1.165, 1.54) is 10.8 Å². The molecule has 4 aromatic rings. The normalized spacial score (nSPS) is 10.6. The van der Waals surface area contributed by atoms with Crippen LogP contribution in [0.4, 0.5) is 11.8 Å². The number of nitrogen functional groups attached to an aromatic ring is 2. The smallest absolute Gasteiger partial charge is 0.222 e. The fourth-order valence-corrected chi connectivity index (χ4v) is 3.10. The lowest BCUT2D eigenvalue weighted by Gasteiger charge is -2.09. The zero-order valence-corrected chi connectivity index (χ0v) is 13.8. The summed E-state index contributed by atoms with van der Waals surface area (Å²) < 4.78 is 0. The van der Waals surface area contributed by atoms with Crippen molar-refractivity contribution in [2.75, 3.05) is 11.5 Å². The van der Waals surface area contributed by atoms with E-state index < -0.39 is 0 Å². The van der Waals surface area contributed by atoms with Crippen LogP contribution < -0.4 is 11.5 Å². The van der Waals surface area contributed by atoms with Crippen LogP contribution in [-0.2, 0) is 0 Å². The van der Waals surface area contributed by atoms with Crippen molar-refractivity contribution < 1.29 is 0 Å². The highest BCUT2D eigenvalue weighted by atomic mass is 15.0. The number of hydrogen-bond acceptors (Lipinski definition) is 5. The molecule has 0 unspecified atom stereocenters. The Kier molecular flexibility index (Phi) is 3.71. The summed E-state index contributed by atoms with van der Waals surface area (Å²) in [5, 5.41) is 11.7. The van der Waals surface area contributed by atoms with Crippen LogP contribution in [0.5, 0.6) is 0 Å². The van der Waals surface area contributed by atoms with Gasteiger partial charge in [-0.1, -0.05) is 66.7 Å². The van der Waals surface area contributed by atoms with Crippen molar-refractivity contribution in [1.82, 2.24) is 9.97 Å². The maximum absolute atomic E-state index is 9.35. The number of benzene rings is 3. The molecule has 0 bridgehead atoms. The second-order valence-electron chi connectivity index (χ2n) is 5.91. The minimum atomic E-state index is 0.0506. The van der Waals surface area contributed by atoms with E-state index in [4.69, 9.17) is 11.5 Å². The van der Waals surface area contributed by atoms with E-state index in [1.54, 1.807) is 0 Å². The highest BCUT2D eigenvalue weighted by molar-refractivity contribution is 5.96. The summed E-state index contributed by atoms with van der Waals surface area (Å²) in [6.45, 7) is 0. The lowest BCUT2D eigenvalue weighted by Crippen LogP contribution is -2.04. The Morgan fingerprint density at radius 1 is 0.769 bits per heavy atom.